The number of hydrogen-bond acceptors (Lipinski definition) is 10. The normalized spacial score (nSPS) is 19.9. The van der Waals surface area contributed by atoms with E-state index in [-0.39, 0.29) is 5.92 Å². The fourth-order valence-electron chi connectivity index (χ4n) is 5.41. The first-order valence-electron chi connectivity index (χ1n) is 14.7. The molecule has 3 heterocycles. The van der Waals surface area contributed by atoms with E-state index in [1.807, 2.05) is 66.7 Å². The van der Waals surface area contributed by atoms with Crippen molar-refractivity contribution < 1.29 is 24.8 Å². The standard InChI is InChI=1S/C33H36N6O5/c40-19-26-28(41)29(42)32(44-26)39-21-36-27-30(35-18-25(23-12-6-2-7-13-23)24-14-8-3-9-15-24)37-33(38-31(27)39)34-16-17-43-20-22-10-4-1-5-11-22/h1-15,21,25-26,28-29,32,40-42H,16-20H2,(H2,34,35,37,38)/t26-,28-,29-,32-/m1/s1. The Morgan fingerprint density at radius 3 is 2.14 bits per heavy atom. The number of aromatic nitrogens is 4. The Kier molecular flexibility index (Phi) is 9.40. The van der Waals surface area contributed by atoms with Crippen LogP contribution in [0.25, 0.3) is 11.2 Å². The summed E-state index contributed by atoms with van der Waals surface area (Å²) in [5.74, 6) is 0.880. The van der Waals surface area contributed by atoms with E-state index in [2.05, 4.69) is 39.9 Å². The van der Waals surface area contributed by atoms with Crippen LogP contribution in [0.3, 0.4) is 0 Å². The number of anilines is 2. The molecule has 0 unspecified atom stereocenters. The van der Waals surface area contributed by atoms with Gasteiger partial charge in [-0.1, -0.05) is 91.0 Å². The van der Waals surface area contributed by atoms with E-state index in [9.17, 15) is 15.3 Å². The molecule has 5 aromatic rings. The van der Waals surface area contributed by atoms with Crippen molar-refractivity contribution in [2.45, 2.75) is 37.1 Å². The van der Waals surface area contributed by atoms with Gasteiger partial charge in [0.05, 0.1) is 26.1 Å². The number of aliphatic hydroxyl groups is 3. The third kappa shape index (κ3) is 6.57. The van der Waals surface area contributed by atoms with E-state index in [1.54, 1.807) is 4.57 Å². The van der Waals surface area contributed by atoms with E-state index in [0.29, 0.717) is 49.2 Å². The van der Waals surface area contributed by atoms with Gasteiger partial charge in [-0.15, -0.1) is 0 Å². The summed E-state index contributed by atoms with van der Waals surface area (Å²) < 4.78 is 13.2. The maximum atomic E-state index is 10.7. The van der Waals surface area contributed by atoms with E-state index in [4.69, 9.17) is 19.4 Å². The number of rotatable bonds is 13. The van der Waals surface area contributed by atoms with Gasteiger partial charge in [-0.25, -0.2) is 4.98 Å². The van der Waals surface area contributed by atoms with Crippen molar-refractivity contribution in [1.82, 2.24) is 19.5 Å². The Labute approximate surface area is 255 Å². The zero-order valence-electron chi connectivity index (χ0n) is 24.1. The Morgan fingerprint density at radius 2 is 1.50 bits per heavy atom. The lowest BCUT2D eigenvalue weighted by Gasteiger charge is -2.20. The van der Waals surface area contributed by atoms with Gasteiger partial charge < -0.3 is 35.4 Å². The van der Waals surface area contributed by atoms with Crippen LogP contribution in [0.1, 0.15) is 28.8 Å². The summed E-state index contributed by atoms with van der Waals surface area (Å²) >= 11 is 0. The van der Waals surface area contributed by atoms with Crippen LogP contribution in [0.5, 0.6) is 0 Å². The van der Waals surface area contributed by atoms with E-state index in [0.717, 1.165) is 16.7 Å². The average molecular weight is 597 g/mol. The zero-order valence-corrected chi connectivity index (χ0v) is 24.1. The highest BCUT2D eigenvalue weighted by Crippen LogP contribution is 2.33. The molecule has 0 amide bonds. The minimum absolute atomic E-state index is 0.0349. The number of nitrogens with zero attached hydrogens (tertiary/aromatic N) is 4. The number of imidazole rings is 1. The van der Waals surface area contributed by atoms with Crippen molar-refractivity contribution in [2.24, 2.45) is 0 Å². The fraction of sp³-hybridized carbons (Fsp3) is 0.303. The van der Waals surface area contributed by atoms with Crippen LogP contribution in [0, 0.1) is 0 Å². The lowest BCUT2D eigenvalue weighted by molar-refractivity contribution is -0.0511. The highest BCUT2D eigenvalue weighted by atomic mass is 16.6. The van der Waals surface area contributed by atoms with Crippen molar-refractivity contribution >= 4 is 22.9 Å². The molecule has 11 heteroatoms. The van der Waals surface area contributed by atoms with Crippen molar-refractivity contribution in [3.63, 3.8) is 0 Å². The van der Waals surface area contributed by atoms with Gasteiger partial charge in [0, 0.05) is 19.0 Å². The first kappa shape index (κ1) is 29.7. The highest BCUT2D eigenvalue weighted by molar-refractivity contribution is 5.84. The second kappa shape index (κ2) is 13.9. The molecule has 44 heavy (non-hydrogen) atoms. The predicted molar refractivity (Wildman–Crippen MR) is 166 cm³/mol. The van der Waals surface area contributed by atoms with Gasteiger partial charge in [-0.05, 0) is 16.7 Å². The average Bonchev–Trinajstić information content (AvgIpc) is 3.62. The molecule has 0 spiro atoms. The minimum Gasteiger partial charge on any atom is -0.394 e. The van der Waals surface area contributed by atoms with E-state index < -0.39 is 31.1 Å². The van der Waals surface area contributed by atoms with Crippen LogP contribution in [-0.4, -0.2) is 79.5 Å². The summed E-state index contributed by atoms with van der Waals surface area (Å²) in [5.41, 5.74) is 4.28. The maximum Gasteiger partial charge on any atom is 0.226 e. The molecule has 1 fully saturated rings. The Hall–Kier alpha value is -4.39. The molecule has 6 rings (SSSR count). The Balaban J connectivity index is 1.26. The monoisotopic (exact) mass is 596 g/mol. The lowest BCUT2D eigenvalue weighted by Crippen LogP contribution is -2.33. The number of ether oxygens (including phenoxy) is 2. The Morgan fingerprint density at radius 1 is 0.841 bits per heavy atom. The summed E-state index contributed by atoms with van der Waals surface area (Å²) in [6.45, 7) is 1.47. The summed E-state index contributed by atoms with van der Waals surface area (Å²) in [6.07, 6.45) is -2.94. The molecule has 0 saturated carbocycles. The van der Waals surface area contributed by atoms with Crippen LogP contribution in [0.4, 0.5) is 11.8 Å². The van der Waals surface area contributed by atoms with E-state index in [1.165, 1.54) is 6.33 Å². The molecular formula is C33H36N6O5. The highest BCUT2D eigenvalue weighted by Gasteiger charge is 2.44. The van der Waals surface area contributed by atoms with Gasteiger partial charge in [0.15, 0.2) is 23.2 Å². The van der Waals surface area contributed by atoms with Gasteiger partial charge in [-0.2, -0.15) is 9.97 Å². The van der Waals surface area contributed by atoms with Gasteiger partial charge >= 0.3 is 0 Å². The summed E-state index contributed by atoms with van der Waals surface area (Å²) in [6, 6.07) is 30.5. The SMILES string of the molecule is OC[C@H]1O[C@@H](n2cnc3c(NCC(c4ccccc4)c4ccccc4)nc(NCCOCc4ccccc4)nc32)[C@H](O)[C@@H]1O. The molecule has 0 aliphatic carbocycles. The molecule has 1 aliphatic rings. The number of benzene rings is 3. The number of aliphatic hydroxyl groups excluding tert-OH is 3. The minimum atomic E-state index is -1.28. The van der Waals surface area contributed by atoms with Crippen LogP contribution >= 0.6 is 0 Å². The molecule has 0 bridgehead atoms. The molecule has 1 saturated heterocycles. The smallest absolute Gasteiger partial charge is 0.226 e. The number of hydrogen-bond donors (Lipinski definition) is 5. The second-order valence-electron chi connectivity index (χ2n) is 10.7. The van der Waals surface area contributed by atoms with Gasteiger partial charge in [0.1, 0.15) is 18.3 Å². The maximum absolute atomic E-state index is 10.7. The topological polar surface area (TPSA) is 147 Å². The second-order valence-corrected chi connectivity index (χ2v) is 10.7. The first-order chi connectivity index (χ1) is 21.6. The molecule has 2 aromatic heterocycles. The molecule has 5 N–H and O–H groups in total. The summed E-state index contributed by atoms with van der Waals surface area (Å²) in [7, 11) is 0. The first-order valence-corrected chi connectivity index (χ1v) is 14.7. The molecule has 3 aromatic carbocycles. The zero-order chi connectivity index (χ0) is 30.3. The third-order valence-electron chi connectivity index (χ3n) is 7.73. The largest absolute Gasteiger partial charge is 0.394 e. The van der Waals surface area contributed by atoms with Crippen molar-refractivity contribution in [1.29, 1.82) is 0 Å². The molecular weight excluding hydrogens is 560 g/mol. The van der Waals surface area contributed by atoms with Gasteiger partial charge in [0.2, 0.25) is 5.95 Å². The quantitative estimate of drug-likeness (QED) is 0.128. The molecule has 0 radical (unpaired) electrons. The van der Waals surface area contributed by atoms with Crippen LogP contribution in [0.15, 0.2) is 97.3 Å². The van der Waals surface area contributed by atoms with Crippen LogP contribution < -0.4 is 10.6 Å². The van der Waals surface area contributed by atoms with E-state index >= 15 is 0 Å². The third-order valence-corrected chi connectivity index (χ3v) is 7.73. The van der Waals surface area contributed by atoms with Crippen molar-refractivity contribution in [3.8, 4) is 0 Å². The molecule has 11 nitrogen and oxygen atoms in total. The number of fused-ring (bicyclic) bond motifs is 1. The summed E-state index contributed by atoms with van der Waals surface area (Å²) in [5, 5.41) is 37.5. The molecule has 1 aliphatic heterocycles. The van der Waals surface area contributed by atoms with Gasteiger partial charge in [-0.3, -0.25) is 4.57 Å². The molecule has 228 valence electrons. The van der Waals surface area contributed by atoms with Gasteiger partial charge in [0.25, 0.3) is 0 Å². The Bertz CT molecular complexity index is 1580. The summed E-state index contributed by atoms with van der Waals surface area (Å²) in [4.78, 5) is 14.0. The lowest BCUT2D eigenvalue weighted by atomic mass is 9.91. The molecule has 4 atom stereocenters. The number of nitrogens with one attached hydrogen (secondary N) is 2. The van der Waals surface area contributed by atoms with Crippen molar-refractivity contribution in [2.75, 3.05) is 36.9 Å². The van der Waals surface area contributed by atoms with Crippen LogP contribution in [0.2, 0.25) is 0 Å². The fourth-order valence-corrected chi connectivity index (χ4v) is 5.41. The van der Waals surface area contributed by atoms with Crippen LogP contribution in [-0.2, 0) is 16.1 Å². The van der Waals surface area contributed by atoms with Crippen molar-refractivity contribution in [3.05, 3.63) is 114 Å². The predicted octanol–water partition coefficient (Wildman–Crippen LogP) is 3.31.